The SMILES string of the molecule is Brc1ccc(OC2CCCOC2)cn1. The minimum Gasteiger partial charge on any atom is -0.486 e. The van der Waals surface area contributed by atoms with Gasteiger partial charge in [0.25, 0.3) is 0 Å². The first kappa shape index (κ1) is 9.93. The lowest BCUT2D eigenvalue weighted by molar-refractivity contribution is 0.00727. The molecule has 1 aliphatic rings. The second kappa shape index (κ2) is 4.75. The Kier molecular flexibility index (Phi) is 3.37. The molecule has 1 aromatic heterocycles. The van der Waals surface area contributed by atoms with E-state index >= 15 is 0 Å². The molecule has 1 unspecified atom stereocenters. The fraction of sp³-hybridized carbons (Fsp3) is 0.500. The van der Waals surface area contributed by atoms with Gasteiger partial charge in [-0.15, -0.1) is 0 Å². The molecule has 0 saturated carbocycles. The van der Waals surface area contributed by atoms with Crippen molar-refractivity contribution in [3.63, 3.8) is 0 Å². The van der Waals surface area contributed by atoms with E-state index in [1.807, 2.05) is 12.1 Å². The molecule has 1 aromatic rings. The van der Waals surface area contributed by atoms with Crippen LogP contribution in [0.25, 0.3) is 0 Å². The number of hydrogen-bond acceptors (Lipinski definition) is 3. The fourth-order valence-corrected chi connectivity index (χ4v) is 1.66. The lowest BCUT2D eigenvalue weighted by Gasteiger charge is -2.22. The van der Waals surface area contributed by atoms with Crippen molar-refractivity contribution < 1.29 is 9.47 Å². The number of nitrogens with zero attached hydrogens (tertiary/aromatic N) is 1. The molecule has 1 saturated heterocycles. The van der Waals surface area contributed by atoms with Crippen LogP contribution < -0.4 is 4.74 Å². The van der Waals surface area contributed by atoms with Crippen molar-refractivity contribution in [2.45, 2.75) is 18.9 Å². The van der Waals surface area contributed by atoms with E-state index in [-0.39, 0.29) is 6.10 Å². The van der Waals surface area contributed by atoms with Crippen LogP contribution in [0, 0.1) is 0 Å². The van der Waals surface area contributed by atoms with Crippen molar-refractivity contribution in [2.24, 2.45) is 0 Å². The highest BCUT2D eigenvalue weighted by Gasteiger charge is 2.15. The van der Waals surface area contributed by atoms with E-state index in [9.17, 15) is 0 Å². The van der Waals surface area contributed by atoms with Gasteiger partial charge in [0.15, 0.2) is 0 Å². The van der Waals surface area contributed by atoms with E-state index in [0.29, 0.717) is 6.61 Å². The Labute approximate surface area is 91.6 Å². The van der Waals surface area contributed by atoms with Crippen LogP contribution in [0.1, 0.15) is 12.8 Å². The average Bonchev–Trinajstić information content (AvgIpc) is 2.23. The summed E-state index contributed by atoms with van der Waals surface area (Å²) in [4.78, 5) is 4.10. The highest BCUT2D eigenvalue weighted by molar-refractivity contribution is 9.10. The van der Waals surface area contributed by atoms with Gasteiger partial charge in [0.2, 0.25) is 0 Å². The van der Waals surface area contributed by atoms with Crippen molar-refractivity contribution in [3.8, 4) is 5.75 Å². The van der Waals surface area contributed by atoms with Gasteiger partial charge in [-0.2, -0.15) is 0 Å². The normalized spacial score (nSPS) is 21.9. The predicted molar refractivity (Wildman–Crippen MR) is 56.4 cm³/mol. The van der Waals surface area contributed by atoms with Gasteiger partial charge in [0.05, 0.1) is 12.8 Å². The van der Waals surface area contributed by atoms with E-state index in [4.69, 9.17) is 9.47 Å². The standard InChI is InChI=1S/C10H12BrNO2/c11-10-4-3-8(6-12-10)14-9-2-1-5-13-7-9/h3-4,6,9H,1-2,5,7H2. The molecule has 3 nitrogen and oxygen atoms in total. The third-order valence-corrected chi connectivity index (χ3v) is 2.59. The van der Waals surface area contributed by atoms with E-state index in [2.05, 4.69) is 20.9 Å². The molecule has 0 aliphatic carbocycles. The Morgan fingerprint density at radius 3 is 3.07 bits per heavy atom. The molecule has 0 aromatic carbocycles. The van der Waals surface area contributed by atoms with E-state index in [1.54, 1.807) is 6.20 Å². The zero-order valence-electron chi connectivity index (χ0n) is 7.78. The second-order valence-corrected chi connectivity index (χ2v) is 4.09. The van der Waals surface area contributed by atoms with Crippen molar-refractivity contribution in [2.75, 3.05) is 13.2 Å². The van der Waals surface area contributed by atoms with E-state index in [0.717, 1.165) is 29.8 Å². The summed E-state index contributed by atoms with van der Waals surface area (Å²) in [7, 11) is 0. The molecule has 0 radical (unpaired) electrons. The topological polar surface area (TPSA) is 31.4 Å². The van der Waals surface area contributed by atoms with Crippen LogP contribution in [0.2, 0.25) is 0 Å². The summed E-state index contributed by atoms with van der Waals surface area (Å²) in [6.07, 6.45) is 4.05. The third-order valence-electron chi connectivity index (χ3n) is 2.12. The number of ether oxygens (including phenoxy) is 2. The van der Waals surface area contributed by atoms with Gasteiger partial charge in [0, 0.05) is 6.61 Å². The predicted octanol–water partition coefficient (Wildman–Crippen LogP) is 2.40. The molecule has 1 aliphatic heterocycles. The second-order valence-electron chi connectivity index (χ2n) is 3.27. The lowest BCUT2D eigenvalue weighted by Crippen LogP contribution is -2.27. The van der Waals surface area contributed by atoms with Crippen LogP contribution in [0.3, 0.4) is 0 Å². The minimum atomic E-state index is 0.187. The molecule has 76 valence electrons. The van der Waals surface area contributed by atoms with Crippen LogP contribution in [0.5, 0.6) is 5.75 Å². The maximum absolute atomic E-state index is 5.70. The first-order valence-corrected chi connectivity index (χ1v) is 5.50. The van der Waals surface area contributed by atoms with Gasteiger partial charge >= 0.3 is 0 Å². The smallest absolute Gasteiger partial charge is 0.138 e. The monoisotopic (exact) mass is 257 g/mol. The zero-order chi connectivity index (χ0) is 9.80. The molecule has 0 amide bonds. The molecule has 0 bridgehead atoms. The summed E-state index contributed by atoms with van der Waals surface area (Å²) in [5, 5.41) is 0. The molecular formula is C10H12BrNO2. The van der Waals surface area contributed by atoms with Crippen molar-refractivity contribution in [3.05, 3.63) is 22.9 Å². The minimum absolute atomic E-state index is 0.187. The third kappa shape index (κ3) is 2.69. The van der Waals surface area contributed by atoms with Crippen molar-refractivity contribution >= 4 is 15.9 Å². The molecule has 2 rings (SSSR count). The zero-order valence-corrected chi connectivity index (χ0v) is 9.37. The van der Waals surface area contributed by atoms with Crippen molar-refractivity contribution in [1.29, 1.82) is 0 Å². The maximum Gasteiger partial charge on any atom is 0.138 e. The van der Waals surface area contributed by atoms with E-state index < -0.39 is 0 Å². The molecule has 0 N–H and O–H groups in total. The van der Waals surface area contributed by atoms with E-state index in [1.165, 1.54) is 0 Å². The summed E-state index contributed by atoms with van der Waals surface area (Å²) >= 11 is 3.28. The molecule has 14 heavy (non-hydrogen) atoms. The number of aromatic nitrogens is 1. The summed E-state index contributed by atoms with van der Waals surface area (Å²) < 4.78 is 11.8. The summed E-state index contributed by atoms with van der Waals surface area (Å²) in [6.45, 7) is 1.55. The fourth-order valence-electron chi connectivity index (χ4n) is 1.43. The van der Waals surface area contributed by atoms with Gasteiger partial charge in [-0.1, -0.05) is 0 Å². The van der Waals surface area contributed by atoms with Gasteiger partial charge in [0.1, 0.15) is 16.5 Å². The first-order valence-electron chi connectivity index (χ1n) is 4.70. The summed E-state index contributed by atoms with van der Waals surface area (Å²) in [5.41, 5.74) is 0. The van der Waals surface area contributed by atoms with Crippen LogP contribution in [-0.2, 0) is 4.74 Å². The molecule has 1 fully saturated rings. The van der Waals surface area contributed by atoms with Gasteiger partial charge in [-0.3, -0.25) is 0 Å². The number of pyridine rings is 1. The average molecular weight is 258 g/mol. The Balaban J connectivity index is 1.92. The summed E-state index contributed by atoms with van der Waals surface area (Å²) in [5.74, 6) is 0.809. The molecule has 0 spiro atoms. The van der Waals surface area contributed by atoms with Crippen LogP contribution in [0.4, 0.5) is 0 Å². The van der Waals surface area contributed by atoms with Crippen LogP contribution in [0.15, 0.2) is 22.9 Å². The quantitative estimate of drug-likeness (QED) is 0.763. The van der Waals surface area contributed by atoms with Gasteiger partial charge < -0.3 is 9.47 Å². The number of halogens is 1. The highest BCUT2D eigenvalue weighted by Crippen LogP contribution is 2.17. The Hall–Kier alpha value is -0.610. The van der Waals surface area contributed by atoms with Crippen LogP contribution >= 0.6 is 15.9 Å². The molecule has 2 heterocycles. The summed E-state index contributed by atoms with van der Waals surface area (Å²) in [6, 6.07) is 3.78. The lowest BCUT2D eigenvalue weighted by atomic mass is 10.2. The molecule has 1 atom stereocenters. The van der Waals surface area contributed by atoms with Crippen LogP contribution in [-0.4, -0.2) is 24.3 Å². The van der Waals surface area contributed by atoms with Gasteiger partial charge in [-0.05, 0) is 40.9 Å². The highest BCUT2D eigenvalue weighted by atomic mass is 79.9. The maximum atomic E-state index is 5.70. The Morgan fingerprint density at radius 1 is 1.50 bits per heavy atom. The number of hydrogen-bond donors (Lipinski definition) is 0. The molecule has 4 heteroatoms. The number of rotatable bonds is 2. The molecular weight excluding hydrogens is 246 g/mol. The van der Waals surface area contributed by atoms with Gasteiger partial charge in [-0.25, -0.2) is 4.98 Å². The van der Waals surface area contributed by atoms with Crippen molar-refractivity contribution in [1.82, 2.24) is 4.98 Å². The largest absolute Gasteiger partial charge is 0.486 e. The first-order chi connectivity index (χ1) is 6.84. The Bertz CT molecular complexity index is 283. The Morgan fingerprint density at radius 2 is 2.43 bits per heavy atom.